The van der Waals surface area contributed by atoms with Crippen molar-refractivity contribution in [2.45, 2.75) is 45.1 Å². The van der Waals surface area contributed by atoms with Crippen LogP contribution in [-0.4, -0.2) is 41.1 Å². The lowest BCUT2D eigenvalue weighted by Gasteiger charge is -2.27. The molecule has 0 spiro atoms. The maximum atomic E-state index is 11.8. The standard InChI is InChI=1S/C11H20N2O3/c1-9-5-3-2-4-8-13(9)11(16)12-7-6-10(14)15/h9H,2-8H2,1H3,(H,12,16)(H,14,15). The topological polar surface area (TPSA) is 69.6 Å². The van der Waals surface area contributed by atoms with E-state index in [9.17, 15) is 9.59 Å². The minimum absolute atomic E-state index is 0.0199. The molecular formula is C11H20N2O3. The van der Waals surface area contributed by atoms with Gasteiger partial charge in [0.1, 0.15) is 0 Å². The van der Waals surface area contributed by atoms with Gasteiger partial charge in [0, 0.05) is 19.1 Å². The zero-order chi connectivity index (χ0) is 12.0. The Kier molecular flexibility index (Phi) is 5.08. The molecule has 0 aromatic heterocycles. The number of carbonyl (C=O) groups excluding carboxylic acids is 1. The van der Waals surface area contributed by atoms with Gasteiger partial charge in [0.05, 0.1) is 6.42 Å². The van der Waals surface area contributed by atoms with E-state index in [4.69, 9.17) is 5.11 Å². The van der Waals surface area contributed by atoms with E-state index < -0.39 is 5.97 Å². The number of carboxylic acid groups (broad SMARTS) is 1. The number of carboxylic acids is 1. The first-order valence-corrected chi connectivity index (χ1v) is 5.87. The van der Waals surface area contributed by atoms with Crippen LogP contribution in [0.1, 0.15) is 39.0 Å². The summed E-state index contributed by atoms with van der Waals surface area (Å²) in [4.78, 5) is 23.9. The van der Waals surface area contributed by atoms with Gasteiger partial charge >= 0.3 is 12.0 Å². The Labute approximate surface area is 95.8 Å². The zero-order valence-electron chi connectivity index (χ0n) is 9.74. The lowest BCUT2D eigenvalue weighted by Crippen LogP contribution is -2.45. The molecule has 1 saturated heterocycles. The van der Waals surface area contributed by atoms with E-state index in [2.05, 4.69) is 5.32 Å². The Hall–Kier alpha value is -1.26. The lowest BCUT2D eigenvalue weighted by atomic mass is 10.1. The minimum Gasteiger partial charge on any atom is -0.481 e. The van der Waals surface area contributed by atoms with Crippen molar-refractivity contribution in [3.05, 3.63) is 0 Å². The monoisotopic (exact) mass is 228 g/mol. The van der Waals surface area contributed by atoms with Crippen molar-refractivity contribution >= 4 is 12.0 Å². The molecule has 1 aliphatic heterocycles. The van der Waals surface area contributed by atoms with Gasteiger partial charge in [-0.1, -0.05) is 12.8 Å². The van der Waals surface area contributed by atoms with E-state index in [1.165, 1.54) is 12.8 Å². The third-order valence-corrected chi connectivity index (χ3v) is 2.93. The summed E-state index contributed by atoms with van der Waals surface area (Å²) >= 11 is 0. The number of aliphatic carboxylic acids is 1. The molecule has 1 fully saturated rings. The van der Waals surface area contributed by atoms with Gasteiger partial charge in [-0.3, -0.25) is 4.79 Å². The molecule has 2 amide bonds. The number of hydrogen-bond acceptors (Lipinski definition) is 2. The molecule has 1 atom stereocenters. The third kappa shape index (κ3) is 4.08. The third-order valence-electron chi connectivity index (χ3n) is 2.93. The first-order valence-electron chi connectivity index (χ1n) is 5.87. The number of rotatable bonds is 3. The summed E-state index contributed by atoms with van der Waals surface area (Å²) in [6, 6.07) is 0.128. The molecule has 0 aliphatic carbocycles. The molecular weight excluding hydrogens is 208 g/mol. The molecule has 16 heavy (non-hydrogen) atoms. The highest BCUT2D eigenvalue weighted by Crippen LogP contribution is 2.16. The SMILES string of the molecule is CC1CCCCCN1C(=O)NCCC(=O)O. The van der Waals surface area contributed by atoms with E-state index in [0.29, 0.717) is 0 Å². The molecule has 0 aromatic carbocycles. The smallest absolute Gasteiger partial charge is 0.317 e. The molecule has 5 nitrogen and oxygen atoms in total. The van der Waals surface area contributed by atoms with Crippen LogP contribution in [0.25, 0.3) is 0 Å². The molecule has 1 heterocycles. The Bertz CT molecular complexity index is 256. The van der Waals surface area contributed by atoms with E-state index in [1.54, 1.807) is 0 Å². The first-order chi connectivity index (χ1) is 7.61. The number of hydrogen-bond donors (Lipinski definition) is 2. The molecule has 5 heteroatoms. The molecule has 1 unspecified atom stereocenters. The van der Waals surface area contributed by atoms with E-state index in [1.807, 2.05) is 11.8 Å². The Morgan fingerprint density at radius 3 is 2.81 bits per heavy atom. The van der Waals surface area contributed by atoms with Crippen molar-refractivity contribution in [3.63, 3.8) is 0 Å². The van der Waals surface area contributed by atoms with Gasteiger partial charge in [-0.05, 0) is 19.8 Å². The summed E-state index contributed by atoms with van der Waals surface area (Å²) in [5, 5.41) is 11.1. The Balaban J connectivity index is 2.35. The van der Waals surface area contributed by atoms with Gasteiger partial charge in [0.2, 0.25) is 0 Å². The molecule has 0 radical (unpaired) electrons. The van der Waals surface area contributed by atoms with Gasteiger partial charge in [-0.2, -0.15) is 0 Å². The summed E-state index contributed by atoms with van der Waals surface area (Å²) in [5.74, 6) is -0.885. The van der Waals surface area contributed by atoms with Crippen LogP contribution in [0.15, 0.2) is 0 Å². The molecule has 2 N–H and O–H groups in total. The van der Waals surface area contributed by atoms with E-state index >= 15 is 0 Å². The lowest BCUT2D eigenvalue weighted by molar-refractivity contribution is -0.136. The van der Waals surface area contributed by atoms with Crippen molar-refractivity contribution in [1.82, 2.24) is 10.2 Å². The number of amides is 2. The van der Waals surface area contributed by atoms with E-state index in [0.717, 1.165) is 19.4 Å². The zero-order valence-corrected chi connectivity index (χ0v) is 9.74. The molecule has 0 bridgehead atoms. The summed E-state index contributed by atoms with van der Waals surface area (Å²) in [6.07, 6.45) is 4.39. The fourth-order valence-electron chi connectivity index (χ4n) is 1.95. The van der Waals surface area contributed by atoms with Crippen LogP contribution in [0.5, 0.6) is 0 Å². The average Bonchev–Trinajstić information content (AvgIpc) is 2.42. The summed E-state index contributed by atoms with van der Waals surface area (Å²) in [5.41, 5.74) is 0. The molecule has 0 saturated carbocycles. The van der Waals surface area contributed by atoms with Crippen molar-refractivity contribution in [2.75, 3.05) is 13.1 Å². The minimum atomic E-state index is -0.885. The number of urea groups is 1. The van der Waals surface area contributed by atoms with Crippen LogP contribution in [0.2, 0.25) is 0 Å². The van der Waals surface area contributed by atoms with Crippen molar-refractivity contribution < 1.29 is 14.7 Å². The predicted octanol–water partition coefficient (Wildman–Crippen LogP) is 1.44. The van der Waals surface area contributed by atoms with Gasteiger partial charge in [-0.25, -0.2) is 4.79 Å². The Morgan fingerprint density at radius 1 is 1.38 bits per heavy atom. The van der Waals surface area contributed by atoms with Crippen LogP contribution in [-0.2, 0) is 4.79 Å². The second kappa shape index (κ2) is 6.35. The molecule has 0 aromatic rings. The summed E-state index contributed by atoms with van der Waals surface area (Å²) in [6.45, 7) is 3.03. The van der Waals surface area contributed by atoms with Crippen molar-refractivity contribution in [3.8, 4) is 0 Å². The van der Waals surface area contributed by atoms with Crippen LogP contribution < -0.4 is 5.32 Å². The van der Waals surface area contributed by atoms with Crippen molar-refractivity contribution in [2.24, 2.45) is 0 Å². The highest BCUT2D eigenvalue weighted by atomic mass is 16.4. The van der Waals surface area contributed by atoms with Crippen molar-refractivity contribution in [1.29, 1.82) is 0 Å². The van der Waals surface area contributed by atoms with Gasteiger partial charge < -0.3 is 15.3 Å². The van der Waals surface area contributed by atoms with Crippen LogP contribution in [0.3, 0.4) is 0 Å². The van der Waals surface area contributed by atoms with Crippen LogP contribution in [0, 0.1) is 0 Å². The van der Waals surface area contributed by atoms with Gasteiger partial charge in [-0.15, -0.1) is 0 Å². The quantitative estimate of drug-likeness (QED) is 0.767. The predicted molar refractivity (Wildman–Crippen MR) is 60.3 cm³/mol. The highest BCUT2D eigenvalue weighted by Gasteiger charge is 2.21. The molecule has 1 rings (SSSR count). The van der Waals surface area contributed by atoms with Crippen LogP contribution in [0.4, 0.5) is 4.79 Å². The second-order valence-corrected chi connectivity index (χ2v) is 4.27. The Morgan fingerprint density at radius 2 is 2.12 bits per heavy atom. The summed E-state index contributed by atoms with van der Waals surface area (Å²) in [7, 11) is 0. The van der Waals surface area contributed by atoms with E-state index in [-0.39, 0.29) is 25.0 Å². The number of nitrogens with zero attached hydrogens (tertiary/aromatic N) is 1. The van der Waals surface area contributed by atoms with Gasteiger partial charge in [0.15, 0.2) is 0 Å². The van der Waals surface area contributed by atoms with Gasteiger partial charge in [0.25, 0.3) is 0 Å². The average molecular weight is 228 g/mol. The second-order valence-electron chi connectivity index (χ2n) is 4.27. The highest BCUT2D eigenvalue weighted by molar-refractivity contribution is 5.75. The van der Waals surface area contributed by atoms with Crippen LogP contribution >= 0.6 is 0 Å². The summed E-state index contributed by atoms with van der Waals surface area (Å²) < 4.78 is 0. The largest absolute Gasteiger partial charge is 0.481 e. The number of likely N-dealkylation sites (tertiary alicyclic amines) is 1. The number of nitrogens with one attached hydrogen (secondary N) is 1. The first kappa shape index (κ1) is 12.8. The molecule has 1 aliphatic rings. The fourth-order valence-corrected chi connectivity index (χ4v) is 1.95. The molecule has 92 valence electrons. The maximum Gasteiger partial charge on any atom is 0.317 e. The normalized spacial score (nSPS) is 21.3. The maximum absolute atomic E-state index is 11.8. The number of carbonyl (C=O) groups is 2. The fraction of sp³-hybridized carbons (Fsp3) is 0.818.